The lowest BCUT2D eigenvalue weighted by molar-refractivity contribution is -0.143. The number of phenolic OH excluding ortho intramolecular Hbond substituents is 1. The van der Waals surface area contributed by atoms with Gasteiger partial charge in [0, 0.05) is 6.42 Å². The van der Waals surface area contributed by atoms with Crippen molar-refractivity contribution < 1.29 is 24.2 Å². The number of alkyl carbamates (subject to hydrolysis) is 1. The molecule has 0 fully saturated rings. The highest BCUT2D eigenvalue weighted by atomic mass is 16.6. The van der Waals surface area contributed by atoms with Gasteiger partial charge in [0.05, 0.1) is 7.11 Å². The van der Waals surface area contributed by atoms with E-state index >= 15 is 0 Å². The number of rotatable bonds is 6. The number of hydrogen-bond acceptors (Lipinski definition) is 5. The predicted octanol–water partition coefficient (Wildman–Crippen LogP) is 2.40. The molecule has 0 heterocycles. The molecule has 0 bridgehead atoms. The summed E-state index contributed by atoms with van der Waals surface area (Å²) < 4.78 is 9.80. The van der Waals surface area contributed by atoms with Gasteiger partial charge in [-0.2, -0.15) is 0 Å². The molecule has 1 amide bonds. The van der Waals surface area contributed by atoms with Crippen LogP contribution in [0.25, 0.3) is 0 Å². The molecule has 0 aliphatic carbocycles. The van der Waals surface area contributed by atoms with Gasteiger partial charge in [0.15, 0.2) is 0 Å². The lowest BCUT2D eigenvalue weighted by Crippen LogP contribution is -2.43. The molecule has 1 unspecified atom stereocenters. The molecule has 126 valence electrons. The van der Waals surface area contributed by atoms with Crippen molar-refractivity contribution in [2.75, 3.05) is 7.11 Å². The standard InChI is InChI=1S/C18H19NO5/c1-23-17(21)15(11-14-9-5-6-10-16(14)20)19-18(22)24-12-13-7-3-2-4-8-13/h2-10,15,20H,11-12H2,1H3,(H,19,22). The number of aromatic hydroxyl groups is 1. The monoisotopic (exact) mass is 329 g/mol. The molecule has 0 aliphatic heterocycles. The van der Waals surface area contributed by atoms with E-state index in [9.17, 15) is 14.7 Å². The van der Waals surface area contributed by atoms with E-state index in [1.807, 2.05) is 30.3 Å². The maximum Gasteiger partial charge on any atom is 0.408 e. The fraction of sp³-hybridized carbons (Fsp3) is 0.222. The van der Waals surface area contributed by atoms with Crippen LogP contribution in [-0.2, 0) is 27.3 Å². The Balaban J connectivity index is 1.97. The van der Waals surface area contributed by atoms with Gasteiger partial charge >= 0.3 is 12.1 Å². The number of nitrogens with one attached hydrogen (secondary N) is 1. The molecule has 0 aliphatic rings. The molecule has 0 saturated heterocycles. The first-order valence-corrected chi connectivity index (χ1v) is 7.42. The molecular weight excluding hydrogens is 310 g/mol. The first-order valence-electron chi connectivity index (χ1n) is 7.42. The number of phenols is 1. The summed E-state index contributed by atoms with van der Waals surface area (Å²) in [7, 11) is 1.23. The Labute approximate surface area is 140 Å². The van der Waals surface area contributed by atoms with Gasteiger partial charge in [-0.1, -0.05) is 48.5 Å². The van der Waals surface area contributed by atoms with Gasteiger partial charge in [-0.3, -0.25) is 0 Å². The largest absolute Gasteiger partial charge is 0.508 e. The van der Waals surface area contributed by atoms with Crippen LogP contribution in [0.2, 0.25) is 0 Å². The summed E-state index contributed by atoms with van der Waals surface area (Å²) in [6, 6.07) is 14.8. The number of para-hydroxylation sites is 1. The predicted molar refractivity (Wildman–Crippen MR) is 87.4 cm³/mol. The molecular formula is C18H19NO5. The summed E-state index contributed by atoms with van der Waals surface area (Å²) in [6.45, 7) is 0.0944. The van der Waals surface area contributed by atoms with Crippen LogP contribution in [0.5, 0.6) is 5.75 Å². The second kappa shape index (κ2) is 8.57. The van der Waals surface area contributed by atoms with Crippen molar-refractivity contribution in [1.82, 2.24) is 5.32 Å². The third-order valence-corrected chi connectivity index (χ3v) is 3.41. The summed E-state index contributed by atoms with van der Waals surface area (Å²) in [5, 5.41) is 12.3. The van der Waals surface area contributed by atoms with Gasteiger partial charge < -0.3 is 19.9 Å². The quantitative estimate of drug-likeness (QED) is 0.795. The van der Waals surface area contributed by atoms with Crippen LogP contribution in [0.3, 0.4) is 0 Å². The summed E-state index contributed by atoms with van der Waals surface area (Å²) in [5.41, 5.74) is 1.36. The highest BCUT2D eigenvalue weighted by molar-refractivity contribution is 5.81. The van der Waals surface area contributed by atoms with E-state index in [1.54, 1.807) is 18.2 Å². The van der Waals surface area contributed by atoms with Gasteiger partial charge in [-0.25, -0.2) is 9.59 Å². The lowest BCUT2D eigenvalue weighted by Gasteiger charge is -2.17. The van der Waals surface area contributed by atoms with E-state index in [0.717, 1.165) is 5.56 Å². The Morgan fingerprint density at radius 3 is 2.42 bits per heavy atom. The molecule has 2 rings (SSSR count). The fourth-order valence-electron chi connectivity index (χ4n) is 2.15. The second-order valence-electron chi connectivity index (χ2n) is 5.11. The zero-order valence-corrected chi connectivity index (χ0v) is 13.3. The topological polar surface area (TPSA) is 84.9 Å². The van der Waals surface area contributed by atoms with Gasteiger partial charge in [-0.05, 0) is 17.2 Å². The fourth-order valence-corrected chi connectivity index (χ4v) is 2.15. The number of carbonyl (C=O) groups excluding carboxylic acids is 2. The molecule has 0 radical (unpaired) electrons. The number of hydrogen-bond donors (Lipinski definition) is 2. The van der Waals surface area contributed by atoms with Crippen molar-refractivity contribution in [3.63, 3.8) is 0 Å². The number of esters is 1. The molecule has 2 aromatic rings. The summed E-state index contributed by atoms with van der Waals surface area (Å²) in [5.74, 6) is -0.569. The number of methoxy groups -OCH3 is 1. The minimum atomic E-state index is -0.952. The molecule has 2 N–H and O–H groups in total. The van der Waals surface area contributed by atoms with Crippen LogP contribution < -0.4 is 5.32 Å². The first-order chi connectivity index (χ1) is 11.6. The van der Waals surface area contributed by atoms with E-state index in [-0.39, 0.29) is 18.8 Å². The highest BCUT2D eigenvalue weighted by Crippen LogP contribution is 2.17. The number of ether oxygens (including phenoxy) is 2. The van der Waals surface area contributed by atoms with E-state index in [0.29, 0.717) is 5.56 Å². The van der Waals surface area contributed by atoms with Gasteiger partial charge in [-0.15, -0.1) is 0 Å². The van der Waals surface area contributed by atoms with E-state index in [4.69, 9.17) is 9.47 Å². The molecule has 0 saturated carbocycles. The summed E-state index contributed by atoms with van der Waals surface area (Å²) in [4.78, 5) is 23.8. The molecule has 24 heavy (non-hydrogen) atoms. The average Bonchev–Trinajstić information content (AvgIpc) is 2.61. The Bertz CT molecular complexity index is 687. The Kier molecular flexibility index (Phi) is 6.19. The smallest absolute Gasteiger partial charge is 0.408 e. The van der Waals surface area contributed by atoms with E-state index in [2.05, 4.69) is 5.32 Å². The Morgan fingerprint density at radius 1 is 1.08 bits per heavy atom. The molecule has 2 aromatic carbocycles. The summed E-state index contributed by atoms with van der Waals surface area (Å²) >= 11 is 0. The van der Waals surface area contributed by atoms with Crippen LogP contribution in [0.15, 0.2) is 54.6 Å². The van der Waals surface area contributed by atoms with Crippen LogP contribution in [0.4, 0.5) is 4.79 Å². The van der Waals surface area contributed by atoms with Crippen molar-refractivity contribution in [3.05, 3.63) is 65.7 Å². The van der Waals surface area contributed by atoms with Crippen molar-refractivity contribution in [3.8, 4) is 5.75 Å². The zero-order valence-electron chi connectivity index (χ0n) is 13.3. The molecule has 1 atom stereocenters. The van der Waals surface area contributed by atoms with Gasteiger partial charge in [0.2, 0.25) is 0 Å². The van der Waals surface area contributed by atoms with Crippen molar-refractivity contribution in [2.45, 2.75) is 19.1 Å². The zero-order chi connectivity index (χ0) is 17.4. The average molecular weight is 329 g/mol. The number of amides is 1. The summed E-state index contributed by atoms with van der Waals surface area (Å²) in [6.07, 6.45) is -0.635. The normalized spacial score (nSPS) is 11.4. The molecule has 0 spiro atoms. The van der Waals surface area contributed by atoms with E-state index < -0.39 is 18.1 Å². The lowest BCUT2D eigenvalue weighted by atomic mass is 10.1. The minimum Gasteiger partial charge on any atom is -0.508 e. The Hall–Kier alpha value is -3.02. The maximum atomic E-state index is 11.9. The minimum absolute atomic E-state index is 0.0471. The first kappa shape index (κ1) is 17.3. The maximum absolute atomic E-state index is 11.9. The second-order valence-corrected chi connectivity index (χ2v) is 5.11. The molecule has 6 heteroatoms. The van der Waals surface area contributed by atoms with Crippen LogP contribution >= 0.6 is 0 Å². The SMILES string of the molecule is COC(=O)C(Cc1ccccc1O)NC(=O)OCc1ccccc1. The highest BCUT2D eigenvalue weighted by Gasteiger charge is 2.23. The van der Waals surface area contributed by atoms with Crippen molar-refractivity contribution >= 4 is 12.1 Å². The molecule has 6 nitrogen and oxygen atoms in total. The van der Waals surface area contributed by atoms with Gasteiger partial charge in [0.25, 0.3) is 0 Å². The number of benzene rings is 2. The van der Waals surface area contributed by atoms with Gasteiger partial charge in [0.1, 0.15) is 18.4 Å². The Morgan fingerprint density at radius 2 is 1.75 bits per heavy atom. The third-order valence-electron chi connectivity index (χ3n) is 3.41. The van der Waals surface area contributed by atoms with Crippen molar-refractivity contribution in [1.29, 1.82) is 0 Å². The van der Waals surface area contributed by atoms with E-state index in [1.165, 1.54) is 13.2 Å². The number of carbonyl (C=O) groups is 2. The van der Waals surface area contributed by atoms with Crippen molar-refractivity contribution in [2.24, 2.45) is 0 Å². The molecule has 0 aromatic heterocycles. The van der Waals surface area contributed by atoms with Crippen LogP contribution in [0, 0.1) is 0 Å². The van der Waals surface area contributed by atoms with Crippen LogP contribution in [0.1, 0.15) is 11.1 Å². The third kappa shape index (κ3) is 5.01. The van der Waals surface area contributed by atoms with Crippen LogP contribution in [-0.4, -0.2) is 30.3 Å².